The molecule has 3 heterocycles. The molecule has 2 N–H and O–H groups in total. The predicted molar refractivity (Wildman–Crippen MR) is 90.2 cm³/mol. The minimum absolute atomic E-state index is 0.127. The van der Waals surface area contributed by atoms with Crippen molar-refractivity contribution >= 4 is 5.82 Å². The molecule has 0 aliphatic carbocycles. The average Bonchev–Trinajstić information content (AvgIpc) is 2.70. The fourth-order valence-electron chi connectivity index (χ4n) is 3.77. The highest BCUT2D eigenvalue weighted by molar-refractivity contribution is 5.44. The molecule has 1 atom stereocenters. The summed E-state index contributed by atoms with van der Waals surface area (Å²) in [6.07, 6.45) is 6.04. The number of anilines is 1. The van der Waals surface area contributed by atoms with Gasteiger partial charge < -0.3 is 10.1 Å². The summed E-state index contributed by atoms with van der Waals surface area (Å²) >= 11 is 0. The molecule has 6 heteroatoms. The molecule has 23 heavy (non-hydrogen) atoms. The van der Waals surface area contributed by atoms with E-state index in [2.05, 4.69) is 10.3 Å². The summed E-state index contributed by atoms with van der Waals surface area (Å²) in [5.41, 5.74) is 0.272. The van der Waals surface area contributed by atoms with E-state index in [1.807, 2.05) is 13.8 Å². The number of hydrogen-bond donors (Lipinski definition) is 2. The van der Waals surface area contributed by atoms with Gasteiger partial charge in [-0.1, -0.05) is 0 Å². The molecule has 0 saturated carbocycles. The van der Waals surface area contributed by atoms with Crippen molar-refractivity contribution in [1.82, 2.24) is 9.55 Å². The van der Waals surface area contributed by atoms with E-state index in [1.54, 1.807) is 0 Å². The molecule has 0 spiro atoms. The highest BCUT2D eigenvalue weighted by Gasteiger charge is 2.24. The van der Waals surface area contributed by atoms with Gasteiger partial charge >= 0.3 is 5.69 Å². The molecular weight excluding hydrogens is 294 g/mol. The zero-order valence-electron chi connectivity index (χ0n) is 14.1. The minimum atomic E-state index is -0.317. The van der Waals surface area contributed by atoms with Crippen LogP contribution < -0.4 is 16.6 Å². The molecule has 3 rings (SSSR count). The van der Waals surface area contributed by atoms with Gasteiger partial charge in [0.1, 0.15) is 5.82 Å². The van der Waals surface area contributed by atoms with E-state index in [9.17, 15) is 9.59 Å². The normalized spacial score (nSPS) is 22.5. The fourth-order valence-corrected chi connectivity index (χ4v) is 3.77. The summed E-state index contributed by atoms with van der Waals surface area (Å²) in [5.74, 6) is 1.32. The number of hydrogen-bond acceptors (Lipinski definition) is 4. The van der Waals surface area contributed by atoms with E-state index in [-0.39, 0.29) is 17.3 Å². The second-order valence-corrected chi connectivity index (χ2v) is 7.08. The molecular formula is C17H27N3O3. The SMILES string of the molecule is CC(C)n1c(=O)[nH]c2c(c1=O)CCC[C@H](CC1CCOCC1)N2. The van der Waals surface area contributed by atoms with E-state index in [0.717, 1.165) is 57.3 Å². The van der Waals surface area contributed by atoms with Gasteiger partial charge in [-0.2, -0.15) is 0 Å². The van der Waals surface area contributed by atoms with Crippen molar-refractivity contribution in [1.29, 1.82) is 0 Å². The third-order valence-corrected chi connectivity index (χ3v) is 5.03. The van der Waals surface area contributed by atoms with Gasteiger partial charge in [0.2, 0.25) is 0 Å². The summed E-state index contributed by atoms with van der Waals surface area (Å²) in [4.78, 5) is 27.7. The summed E-state index contributed by atoms with van der Waals surface area (Å²) in [6, 6.07) is 0.196. The van der Waals surface area contributed by atoms with Crippen LogP contribution in [0.5, 0.6) is 0 Å². The molecule has 6 nitrogen and oxygen atoms in total. The van der Waals surface area contributed by atoms with E-state index in [1.165, 1.54) is 4.57 Å². The van der Waals surface area contributed by atoms with Crippen LogP contribution in [0.2, 0.25) is 0 Å². The number of rotatable bonds is 3. The van der Waals surface area contributed by atoms with Crippen molar-refractivity contribution in [2.45, 2.75) is 64.5 Å². The number of nitrogens with zero attached hydrogens (tertiary/aromatic N) is 1. The second kappa shape index (κ2) is 6.91. The topological polar surface area (TPSA) is 76.1 Å². The largest absolute Gasteiger partial charge is 0.381 e. The van der Waals surface area contributed by atoms with Gasteiger partial charge in [-0.3, -0.25) is 14.3 Å². The van der Waals surface area contributed by atoms with Crippen molar-refractivity contribution in [3.63, 3.8) is 0 Å². The summed E-state index contributed by atoms with van der Waals surface area (Å²) < 4.78 is 6.74. The first-order chi connectivity index (χ1) is 11.1. The Labute approximate surface area is 136 Å². The smallest absolute Gasteiger partial charge is 0.330 e. The molecule has 1 aromatic rings. The standard InChI is InChI=1S/C17H27N3O3/c1-11(2)20-16(21)14-5-3-4-13(18-15(14)19-17(20)22)10-12-6-8-23-9-7-12/h11-13,18H,3-10H2,1-2H3,(H,19,22)/t13-/m1/s1. The molecule has 1 fully saturated rings. The third kappa shape index (κ3) is 3.52. The maximum Gasteiger partial charge on any atom is 0.330 e. The maximum atomic E-state index is 12.6. The first-order valence-electron chi connectivity index (χ1n) is 8.78. The minimum Gasteiger partial charge on any atom is -0.381 e. The van der Waals surface area contributed by atoms with Gasteiger partial charge in [0.25, 0.3) is 5.56 Å². The maximum absolute atomic E-state index is 12.6. The Morgan fingerprint density at radius 3 is 2.65 bits per heavy atom. The highest BCUT2D eigenvalue weighted by atomic mass is 16.5. The van der Waals surface area contributed by atoms with Gasteiger partial charge in [0.05, 0.1) is 5.56 Å². The monoisotopic (exact) mass is 321 g/mol. The quantitative estimate of drug-likeness (QED) is 0.893. The Morgan fingerprint density at radius 2 is 1.96 bits per heavy atom. The Bertz CT molecular complexity index is 656. The van der Waals surface area contributed by atoms with Gasteiger partial charge in [0.15, 0.2) is 0 Å². The van der Waals surface area contributed by atoms with Crippen LogP contribution in [0.25, 0.3) is 0 Å². The predicted octanol–water partition coefficient (Wildman–Crippen LogP) is 2.05. The summed E-state index contributed by atoms with van der Waals surface area (Å²) in [7, 11) is 0. The Balaban J connectivity index is 1.83. The van der Waals surface area contributed by atoms with Crippen LogP contribution in [-0.2, 0) is 11.2 Å². The number of aromatic nitrogens is 2. The number of ether oxygens (including phenoxy) is 1. The molecule has 2 aliphatic heterocycles. The van der Waals surface area contributed by atoms with E-state index >= 15 is 0 Å². The van der Waals surface area contributed by atoms with Crippen LogP contribution >= 0.6 is 0 Å². The zero-order chi connectivity index (χ0) is 16.4. The molecule has 0 unspecified atom stereocenters. The van der Waals surface area contributed by atoms with Crippen LogP contribution in [0.4, 0.5) is 5.82 Å². The van der Waals surface area contributed by atoms with E-state index < -0.39 is 0 Å². The number of aromatic amines is 1. The van der Waals surface area contributed by atoms with Gasteiger partial charge in [-0.05, 0) is 58.3 Å². The molecule has 0 amide bonds. The summed E-state index contributed by atoms with van der Waals surface area (Å²) in [6.45, 7) is 5.43. The third-order valence-electron chi connectivity index (χ3n) is 5.03. The lowest BCUT2D eigenvalue weighted by molar-refractivity contribution is 0.0622. The molecule has 0 radical (unpaired) electrons. The van der Waals surface area contributed by atoms with Crippen molar-refractivity contribution < 1.29 is 4.74 Å². The Hall–Kier alpha value is -1.56. The first-order valence-corrected chi connectivity index (χ1v) is 8.78. The number of H-pyrrole nitrogens is 1. The Morgan fingerprint density at radius 1 is 1.22 bits per heavy atom. The van der Waals surface area contributed by atoms with Crippen molar-refractivity contribution in [3.05, 3.63) is 26.4 Å². The van der Waals surface area contributed by atoms with Crippen LogP contribution in [-0.4, -0.2) is 28.8 Å². The Kier molecular flexibility index (Phi) is 4.90. The van der Waals surface area contributed by atoms with Gasteiger partial charge in [-0.15, -0.1) is 0 Å². The van der Waals surface area contributed by atoms with Gasteiger partial charge in [0, 0.05) is 25.3 Å². The van der Waals surface area contributed by atoms with Crippen LogP contribution in [0.15, 0.2) is 9.59 Å². The van der Waals surface area contributed by atoms with Crippen molar-refractivity contribution in [2.24, 2.45) is 5.92 Å². The van der Waals surface area contributed by atoms with Crippen LogP contribution in [0.3, 0.4) is 0 Å². The molecule has 1 aromatic heterocycles. The van der Waals surface area contributed by atoms with Crippen molar-refractivity contribution in [2.75, 3.05) is 18.5 Å². The summed E-state index contributed by atoms with van der Waals surface area (Å²) in [5, 5.41) is 3.44. The second-order valence-electron chi connectivity index (χ2n) is 7.08. The van der Waals surface area contributed by atoms with Crippen LogP contribution in [0, 0.1) is 5.92 Å². The molecule has 0 bridgehead atoms. The van der Waals surface area contributed by atoms with E-state index in [4.69, 9.17) is 4.74 Å². The number of nitrogens with one attached hydrogen (secondary N) is 2. The van der Waals surface area contributed by atoms with Gasteiger partial charge in [-0.25, -0.2) is 4.79 Å². The lowest BCUT2D eigenvalue weighted by Gasteiger charge is -2.27. The molecule has 2 aliphatic rings. The molecule has 1 saturated heterocycles. The lowest BCUT2D eigenvalue weighted by Crippen LogP contribution is -2.39. The highest BCUT2D eigenvalue weighted by Crippen LogP contribution is 2.26. The molecule has 128 valence electrons. The number of fused-ring (bicyclic) bond motifs is 1. The zero-order valence-corrected chi connectivity index (χ0v) is 14.1. The molecule has 0 aromatic carbocycles. The fraction of sp³-hybridized carbons (Fsp3) is 0.765. The van der Waals surface area contributed by atoms with Crippen LogP contribution in [0.1, 0.15) is 57.6 Å². The lowest BCUT2D eigenvalue weighted by atomic mass is 9.91. The van der Waals surface area contributed by atoms with E-state index in [0.29, 0.717) is 17.8 Å². The average molecular weight is 321 g/mol. The first kappa shape index (κ1) is 16.3. The van der Waals surface area contributed by atoms with Crippen molar-refractivity contribution in [3.8, 4) is 0 Å².